The molecule has 0 amide bonds. The first-order valence-corrected chi connectivity index (χ1v) is 7.58. The van der Waals surface area contributed by atoms with Gasteiger partial charge < -0.3 is 14.8 Å². The van der Waals surface area contributed by atoms with E-state index in [2.05, 4.69) is 21.2 Å². The van der Waals surface area contributed by atoms with Gasteiger partial charge in [0.1, 0.15) is 6.61 Å². The molecule has 0 aliphatic carbocycles. The summed E-state index contributed by atoms with van der Waals surface area (Å²) in [6, 6.07) is 7.95. The fourth-order valence-electron chi connectivity index (χ4n) is 1.78. The highest BCUT2D eigenvalue weighted by Gasteiger charge is 2.11. The van der Waals surface area contributed by atoms with Crippen LogP contribution in [-0.4, -0.2) is 14.2 Å². The van der Waals surface area contributed by atoms with Crippen molar-refractivity contribution >= 4 is 27.3 Å². The van der Waals surface area contributed by atoms with Crippen LogP contribution in [0.5, 0.6) is 11.5 Å². The van der Waals surface area contributed by atoms with Gasteiger partial charge >= 0.3 is 0 Å². The summed E-state index contributed by atoms with van der Waals surface area (Å²) in [5.74, 6) is 1.57. The molecule has 0 unspecified atom stereocenters. The molecule has 1 aromatic heterocycles. The predicted molar refractivity (Wildman–Crippen MR) is 82.1 cm³/mol. The fourth-order valence-corrected chi connectivity index (χ4v) is 3.16. The molecule has 102 valence electrons. The Bertz CT molecular complexity index is 542. The van der Waals surface area contributed by atoms with E-state index in [1.807, 2.05) is 36.7 Å². The largest absolute Gasteiger partial charge is 0.493 e. The first kappa shape index (κ1) is 14.4. The van der Waals surface area contributed by atoms with Crippen molar-refractivity contribution in [3.63, 3.8) is 0 Å². The molecule has 0 radical (unpaired) electrons. The van der Waals surface area contributed by atoms with Crippen LogP contribution < -0.4 is 14.8 Å². The maximum absolute atomic E-state index is 5.95. The maximum atomic E-state index is 5.95. The zero-order chi connectivity index (χ0) is 13.7. The molecule has 0 atom stereocenters. The van der Waals surface area contributed by atoms with Gasteiger partial charge in [-0.3, -0.25) is 0 Å². The molecule has 1 N–H and O–H groups in total. The smallest absolute Gasteiger partial charge is 0.166 e. The third-order valence-electron chi connectivity index (χ3n) is 2.69. The standard InChI is InChI=1S/C14H16BrNO2S/c1-16-8-10-4-3-5-12(17-2)14(10)18-9-13-11(15)6-7-19-13/h3-7,16H,8-9H2,1-2H3. The van der Waals surface area contributed by atoms with Crippen LogP contribution in [0.3, 0.4) is 0 Å². The Hall–Kier alpha value is -1.04. The summed E-state index contributed by atoms with van der Waals surface area (Å²) in [7, 11) is 3.57. The Balaban J connectivity index is 2.20. The lowest BCUT2D eigenvalue weighted by atomic mass is 10.2. The molecule has 0 aliphatic heterocycles. The average Bonchev–Trinajstić information content (AvgIpc) is 2.83. The summed E-state index contributed by atoms with van der Waals surface area (Å²) in [6.45, 7) is 1.29. The van der Waals surface area contributed by atoms with E-state index >= 15 is 0 Å². The Kier molecular flexibility index (Phi) is 5.24. The number of hydrogen-bond acceptors (Lipinski definition) is 4. The van der Waals surface area contributed by atoms with Crippen molar-refractivity contribution in [2.45, 2.75) is 13.2 Å². The Morgan fingerprint density at radius 2 is 2.16 bits per heavy atom. The SMILES string of the molecule is CNCc1cccc(OC)c1OCc1sccc1Br. The van der Waals surface area contributed by atoms with Crippen molar-refractivity contribution in [2.24, 2.45) is 0 Å². The van der Waals surface area contributed by atoms with E-state index in [1.165, 1.54) is 4.88 Å². The normalized spacial score (nSPS) is 10.5. The summed E-state index contributed by atoms with van der Waals surface area (Å²) in [6.07, 6.45) is 0. The lowest BCUT2D eigenvalue weighted by Gasteiger charge is -2.14. The van der Waals surface area contributed by atoms with Crippen LogP contribution >= 0.6 is 27.3 Å². The fraction of sp³-hybridized carbons (Fsp3) is 0.286. The van der Waals surface area contributed by atoms with Gasteiger partial charge in [0, 0.05) is 16.6 Å². The first-order chi connectivity index (χ1) is 9.26. The van der Waals surface area contributed by atoms with Crippen molar-refractivity contribution in [2.75, 3.05) is 14.2 Å². The minimum Gasteiger partial charge on any atom is -0.493 e. The highest BCUT2D eigenvalue weighted by atomic mass is 79.9. The molecule has 1 aromatic carbocycles. The molecule has 5 heteroatoms. The van der Waals surface area contributed by atoms with Crippen LogP contribution in [0.4, 0.5) is 0 Å². The predicted octanol–water partition coefficient (Wildman–Crippen LogP) is 3.82. The first-order valence-electron chi connectivity index (χ1n) is 5.91. The van der Waals surface area contributed by atoms with Gasteiger partial charge in [0.05, 0.1) is 12.0 Å². The van der Waals surface area contributed by atoms with E-state index in [-0.39, 0.29) is 0 Å². The number of halogens is 1. The van der Waals surface area contributed by atoms with Crippen molar-refractivity contribution < 1.29 is 9.47 Å². The molecule has 2 rings (SSSR count). The summed E-state index contributed by atoms with van der Waals surface area (Å²) in [4.78, 5) is 1.17. The Morgan fingerprint density at radius 3 is 2.79 bits per heavy atom. The van der Waals surface area contributed by atoms with E-state index in [9.17, 15) is 0 Å². The van der Waals surface area contributed by atoms with E-state index in [1.54, 1.807) is 18.4 Å². The quantitative estimate of drug-likeness (QED) is 0.866. The van der Waals surface area contributed by atoms with Crippen molar-refractivity contribution in [1.82, 2.24) is 5.32 Å². The zero-order valence-electron chi connectivity index (χ0n) is 10.9. The van der Waals surface area contributed by atoms with Crippen LogP contribution in [0, 0.1) is 0 Å². The van der Waals surface area contributed by atoms with E-state index in [0.717, 1.165) is 28.1 Å². The highest BCUT2D eigenvalue weighted by Crippen LogP contribution is 2.33. The van der Waals surface area contributed by atoms with E-state index in [4.69, 9.17) is 9.47 Å². The minimum absolute atomic E-state index is 0.537. The Morgan fingerprint density at radius 1 is 1.32 bits per heavy atom. The van der Waals surface area contributed by atoms with E-state index in [0.29, 0.717) is 6.61 Å². The Labute approximate surface area is 125 Å². The summed E-state index contributed by atoms with van der Waals surface area (Å²) >= 11 is 5.18. The van der Waals surface area contributed by atoms with Gasteiger partial charge in [-0.15, -0.1) is 11.3 Å². The molecule has 0 aliphatic rings. The van der Waals surface area contributed by atoms with Gasteiger partial charge in [-0.1, -0.05) is 12.1 Å². The number of benzene rings is 1. The van der Waals surface area contributed by atoms with Crippen LogP contribution in [-0.2, 0) is 13.2 Å². The van der Waals surface area contributed by atoms with E-state index < -0.39 is 0 Å². The zero-order valence-corrected chi connectivity index (χ0v) is 13.3. The van der Waals surface area contributed by atoms with Gasteiger partial charge in [0.25, 0.3) is 0 Å². The number of para-hydroxylation sites is 1. The van der Waals surface area contributed by atoms with Crippen molar-refractivity contribution in [1.29, 1.82) is 0 Å². The molecule has 0 saturated heterocycles. The molecule has 2 aromatic rings. The average molecular weight is 342 g/mol. The number of nitrogens with one attached hydrogen (secondary N) is 1. The van der Waals surface area contributed by atoms with Crippen LogP contribution in [0.15, 0.2) is 34.1 Å². The number of hydrogen-bond donors (Lipinski definition) is 1. The van der Waals surface area contributed by atoms with Crippen LogP contribution in [0.1, 0.15) is 10.4 Å². The van der Waals surface area contributed by atoms with Gasteiger partial charge in [0.15, 0.2) is 11.5 Å². The van der Waals surface area contributed by atoms with Gasteiger partial charge in [-0.25, -0.2) is 0 Å². The lowest BCUT2D eigenvalue weighted by molar-refractivity contribution is 0.283. The molecular weight excluding hydrogens is 326 g/mol. The highest BCUT2D eigenvalue weighted by molar-refractivity contribution is 9.10. The van der Waals surface area contributed by atoms with Crippen molar-refractivity contribution in [3.8, 4) is 11.5 Å². The van der Waals surface area contributed by atoms with Gasteiger partial charge in [-0.05, 0) is 40.5 Å². The monoisotopic (exact) mass is 341 g/mol. The molecule has 0 fully saturated rings. The molecular formula is C14H16BrNO2S. The summed E-state index contributed by atoms with van der Waals surface area (Å²) in [5, 5.41) is 5.18. The third kappa shape index (κ3) is 3.49. The number of rotatable bonds is 6. The molecule has 1 heterocycles. The second kappa shape index (κ2) is 6.93. The molecule has 0 spiro atoms. The number of ether oxygens (including phenoxy) is 2. The second-order valence-electron chi connectivity index (χ2n) is 3.96. The second-order valence-corrected chi connectivity index (χ2v) is 5.81. The number of methoxy groups -OCH3 is 1. The summed E-state index contributed by atoms with van der Waals surface area (Å²) in [5.41, 5.74) is 1.09. The van der Waals surface area contributed by atoms with Crippen LogP contribution in [0.25, 0.3) is 0 Å². The van der Waals surface area contributed by atoms with Crippen molar-refractivity contribution in [3.05, 3.63) is 44.6 Å². The molecule has 0 saturated carbocycles. The lowest BCUT2D eigenvalue weighted by Crippen LogP contribution is -2.08. The van der Waals surface area contributed by atoms with Crippen LogP contribution in [0.2, 0.25) is 0 Å². The topological polar surface area (TPSA) is 30.5 Å². The third-order valence-corrected chi connectivity index (χ3v) is 4.59. The molecule has 3 nitrogen and oxygen atoms in total. The minimum atomic E-state index is 0.537. The van der Waals surface area contributed by atoms with Gasteiger partial charge in [-0.2, -0.15) is 0 Å². The molecule has 0 bridgehead atoms. The summed E-state index contributed by atoms with van der Waals surface area (Å²) < 4.78 is 12.4. The van der Waals surface area contributed by atoms with Gasteiger partial charge in [0.2, 0.25) is 0 Å². The maximum Gasteiger partial charge on any atom is 0.166 e. The number of thiophene rings is 1. The molecule has 19 heavy (non-hydrogen) atoms.